The third kappa shape index (κ3) is 3.35. The summed E-state index contributed by atoms with van der Waals surface area (Å²) in [4.78, 5) is 14.3. The first kappa shape index (κ1) is 13.2. The van der Waals surface area contributed by atoms with Gasteiger partial charge in [0, 0.05) is 17.3 Å². The Morgan fingerprint density at radius 3 is 2.53 bits per heavy atom. The topological polar surface area (TPSA) is 55.5 Å². The van der Waals surface area contributed by atoms with Gasteiger partial charge in [-0.25, -0.2) is 4.39 Å². The zero-order chi connectivity index (χ0) is 13.8. The van der Waals surface area contributed by atoms with E-state index in [1.165, 1.54) is 6.21 Å². The molecule has 2 rings (SSSR count). The number of nitro groups is 1. The second-order valence-corrected chi connectivity index (χ2v) is 4.13. The van der Waals surface area contributed by atoms with Crippen molar-refractivity contribution < 1.29 is 9.31 Å². The van der Waals surface area contributed by atoms with E-state index in [-0.39, 0.29) is 11.3 Å². The number of nitro benzene ring substituents is 1. The number of nitrogens with zero attached hydrogens (tertiary/aromatic N) is 2. The normalized spacial score (nSPS) is 10.8. The van der Waals surface area contributed by atoms with E-state index in [1.54, 1.807) is 24.3 Å². The molecule has 0 atom stereocenters. The summed E-state index contributed by atoms with van der Waals surface area (Å²) in [5.74, 6) is -0.553. The molecule has 0 amide bonds. The van der Waals surface area contributed by atoms with Crippen molar-refractivity contribution in [3.8, 4) is 0 Å². The predicted octanol–water partition coefficient (Wildman–Crippen LogP) is 4.14. The fourth-order valence-electron chi connectivity index (χ4n) is 1.47. The molecule has 0 aliphatic rings. The van der Waals surface area contributed by atoms with E-state index in [0.717, 1.165) is 18.2 Å². The first-order valence-electron chi connectivity index (χ1n) is 5.30. The Kier molecular flexibility index (Phi) is 3.87. The number of aliphatic imine (C=N–C) groups is 1. The number of hydrogen-bond donors (Lipinski definition) is 0. The largest absolute Gasteiger partial charge is 0.278 e. The van der Waals surface area contributed by atoms with Gasteiger partial charge in [-0.1, -0.05) is 11.6 Å². The molecule has 0 spiro atoms. The molecule has 6 heteroatoms. The van der Waals surface area contributed by atoms with Crippen LogP contribution in [0, 0.1) is 15.9 Å². The molecule has 0 bridgehead atoms. The lowest BCUT2D eigenvalue weighted by atomic mass is 10.2. The van der Waals surface area contributed by atoms with Gasteiger partial charge in [-0.2, -0.15) is 0 Å². The Morgan fingerprint density at radius 1 is 1.21 bits per heavy atom. The SMILES string of the molecule is O=[N+]([O-])c1ccc(F)cc1C=Nc1ccc(Cl)cc1. The molecular weight excluding hydrogens is 271 g/mol. The van der Waals surface area contributed by atoms with Gasteiger partial charge in [-0.15, -0.1) is 0 Å². The molecule has 4 nitrogen and oxygen atoms in total. The van der Waals surface area contributed by atoms with Gasteiger partial charge in [0.15, 0.2) is 0 Å². The molecule has 0 unspecified atom stereocenters. The first-order chi connectivity index (χ1) is 9.06. The maximum absolute atomic E-state index is 13.1. The van der Waals surface area contributed by atoms with Crippen LogP contribution in [0.15, 0.2) is 47.5 Å². The summed E-state index contributed by atoms with van der Waals surface area (Å²) >= 11 is 5.73. The van der Waals surface area contributed by atoms with E-state index in [9.17, 15) is 14.5 Å². The van der Waals surface area contributed by atoms with Crippen LogP contribution in [-0.2, 0) is 0 Å². The van der Waals surface area contributed by atoms with Crippen molar-refractivity contribution in [2.75, 3.05) is 0 Å². The quantitative estimate of drug-likeness (QED) is 0.481. The number of halogens is 2. The van der Waals surface area contributed by atoms with Gasteiger partial charge in [0.1, 0.15) is 5.82 Å². The first-order valence-corrected chi connectivity index (χ1v) is 5.67. The van der Waals surface area contributed by atoms with Gasteiger partial charge < -0.3 is 0 Å². The molecular formula is C13H8ClFN2O2. The van der Waals surface area contributed by atoms with Crippen LogP contribution in [0.1, 0.15) is 5.56 Å². The minimum Gasteiger partial charge on any atom is -0.258 e. The highest BCUT2D eigenvalue weighted by Crippen LogP contribution is 2.20. The molecule has 0 N–H and O–H groups in total. The van der Waals surface area contributed by atoms with Crippen molar-refractivity contribution in [2.24, 2.45) is 4.99 Å². The van der Waals surface area contributed by atoms with Gasteiger partial charge in [-0.05, 0) is 36.4 Å². The highest BCUT2D eigenvalue weighted by molar-refractivity contribution is 6.30. The molecule has 19 heavy (non-hydrogen) atoms. The summed E-state index contributed by atoms with van der Waals surface area (Å²) < 4.78 is 13.1. The second-order valence-electron chi connectivity index (χ2n) is 3.69. The molecule has 0 saturated carbocycles. The Balaban J connectivity index is 2.34. The molecule has 2 aromatic rings. The minimum atomic E-state index is -0.581. The van der Waals surface area contributed by atoms with Crippen molar-refractivity contribution in [1.82, 2.24) is 0 Å². The molecule has 96 valence electrons. The summed E-state index contributed by atoms with van der Waals surface area (Å²) in [6.45, 7) is 0. The van der Waals surface area contributed by atoms with E-state index in [4.69, 9.17) is 11.6 Å². The van der Waals surface area contributed by atoms with E-state index in [0.29, 0.717) is 10.7 Å². The van der Waals surface area contributed by atoms with E-state index >= 15 is 0 Å². The maximum Gasteiger partial charge on any atom is 0.278 e. The number of benzene rings is 2. The summed E-state index contributed by atoms with van der Waals surface area (Å²) in [7, 11) is 0. The van der Waals surface area contributed by atoms with Crippen LogP contribution in [0.3, 0.4) is 0 Å². The van der Waals surface area contributed by atoms with Crippen LogP contribution < -0.4 is 0 Å². The maximum atomic E-state index is 13.1. The Labute approximate surface area is 113 Å². The number of hydrogen-bond acceptors (Lipinski definition) is 3. The average molecular weight is 279 g/mol. The van der Waals surface area contributed by atoms with E-state index < -0.39 is 10.7 Å². The zero-order valence-corrected chi connectivity index (χ0v) is 10.3. The Morgan fingerprint density at radius 2 is 1.89 bits per heavy atom. The van der Waals surface area contributed by atoms with Crippen molar-refractivity contribution in [3.63, 3.8) is 0 Å². The smallest absolute Gasteiger partial charge is 0.258 e. The summed E-state index contributed by atoms with van der Waals surface area (Å²) in [5.41, 5.74) is 0.488. The van der Waals surface area contributed by atoms with Crippen LogP contribution in [0.4, 0.5) is 15.8 Å². The van der Waals surface area contributed by atoms with Crippen molar-refractivity contribution >= 4 is 29.2 Å². The fourth-order valence-corrected chi connectivity index (χ4v) is 1.59. The van der Waals surface area contributed by atoms with Crippen LogP contribution in [-0.4, -0.2) is 11.1 Å². The lowest BCUT2D eigenvalue weighted by Gasteiger charge is -1.98. The summed E-state index contributed by atoms with van der Waals surface area (Å²) in [6, 6.07) is 9.82. The van der Waals surface area contributed by atoms with Crippen LogP contribution in [0.2, 0.25) is 5.02 Å². The molecule has 0 aliphatic carbocycles. The third-order valence-corrected chi connectivity index (χ3v) is 2.62. The minimum absolute atomic E-state index is 0.111. The van der Waals surface area contributed by atoms with Gasteiger partial charge >= 0.3 is 0 Å². The molecule has 0 aromatic heterocycles. The highest BCUT2D eigenvalue weighted by atomic mass is 35.5. The molecule has 0 fully saturated rings. The van der Waals surface area contributed by atoms with Crippen LogP contribution in [0.25, 0.3) is 0 Å². The standard InChI is InChI=1S/C13H8ClFN2O2/c14-10-1-4-12(5-2-10)16-8-9-7-11(15)3-6-13(9)17(18)19/h1-8H. The summed E-state index contributed by atoms with van der Waals surface area (Å²) in [5, 5.41) is 11.4. The molecule has 0 radical (unpaired) electrons. The zero-order valence-electron chi connectivity index (χ0n) is 9.59. The molecule has 0 aliphatic heterocycles. The number of rotatable bonds is 3. The third-order valence-electron chi connectivity index (χ3n) is 2.37. The van der Waals surface area contributed by atoms with Crippen molar-refractivity contribution in [2.45, 2.75) is 0 Å². The van der Waals surface area contributed by atoms with Crippen molar-refractivity contribution in [3.05, 3.63) is 69.0 Å². The molecule has 0 saturated heterocycles. The summed E-state index contributed by atoms with van der Waals surface area (Å²) in [6.07, 6.45) is 1.25. The van der Waals surface area contributed by atoms with Gasteiger partial charge in [0.2, 0.25) is 0 Å². The average Bonchev–Trinajstić information content (AvgIpc) is 2.38. The lowest BCUT2D eigenvalue weighted by molar-refractivity contribution is -0.385. The van der Waals surface area contributed by atoms with Crippen LogP contribution >= 0.6 is 11.6 Å². The Bertz CT molecular complexity index is 642. The van der Waals surface area contributed by atoms with Crippen molar-refractivity contribution in [1.29, 1.82) is 0 Å². The Hall–Kier alpha value is -2.27. The van der Waals surface area contributed by atoms with Gasteiger partial charge in [0.05, 0.1) is 16.2 Å². The molecule has 0 heterocycles. The highest BCUT2D eigenvalue weighted by Gasteiger charge is 2.12. The lowest BCUT2D eigenvalue weighted by Crippen LogP contribution is -1.95. The molecule has 2 aromatic carbocycles. The van der Waals surface area contributed by atoms with E-state index in [1.807, 2.05) is 0 Å². The van der Waals surface area contributed by atoms with Gasteiger partial charge in [0.25, 0.3) is 5.69 Å². The monoisotopic (exact) mass is 278 g/mol. The second kappa shape index (κ2) is 5.58. The predicted molar refractivity (Wildman–Crippen MR) is 71.8 cm³/mol. The van der Waals surface area contributed by atoms with Gasteiger partial charge in [-0.3, -0.25) is 15.1 Å². The fraction of sp³-hybridized carbons (Fsp3) is 0. The van der Waals surface area contributed by atoms with E-state index in [2.05, 4.69) is 4.99 Å². The van der Waals surface area contributed by atoms with Crippen LogP contribution in [0.5, 0.6) is 0 Å².